The molecular formula is C10H12N4O. The number of nitrogens with zero attached hydrogens (tertiary/aromatic N) is 4. The first kappa shape index (κ1) is 9.64. The van der Waals surface area contributed by atoms with E-state index < -0.39 is 0 Å². The molecule has 2 rings (SSSR count). The number of hydrogen-bond donors (Lipinski definition) is 0. The van der Waals surface area contributed by atoms with Gasteiger partial charge in [-0.15, -0.1) is 0 Å². The lowest BCUT2D eigenvalue weighted by molar-refractivity contribution is 0.111. The summed E-state index contributed by atoms with van der Waals surface area (Å²) in [6.07, 6.45) is 7.89. The largest absolute Gasteiger partial charge is 0.333 e. The van der Waals surface area contributed by atoms with Crippen molar-refractivity contribution < 1.29 is 4.79 Å². The molecule has 5 heteroatoms. The highest BCUT2D eigenvalue weighted by atomic mass is 16.1. The van der Waals surface area contributed by atoms with Crippen molar-refractivity contribution in [1.29, 1.82) is 0 Å². The van der Waals surface area contributed by atoms with Crippen molar-refractivity contribution in [1.82, 2.24) is 19.1 Å². The van der Waals surface area contributed by atoms with E-state index in [0.29, 0.717) is 5.82 Å². The van der Waals surface area contributed by atoms with Crippen molar-refractivity contribution in [3.05, 3.63) is 36.4 Å². The Bertz CT molecular complexity index is 457. The zero-order valence-corrected chi connectivity index (χ0v) is 8.50. The summed E-state index contributed by atoms with van der Waals surface area (Å²) in [4.78, 5) is 18.7. The van der Waals surface area contributed by atoms with Crippen molar-refractivity contribution in [3.8, 4) is 0 Å². The number of hydrogen-bond acceptors (Lipinski definition) is 3. The number of aromatic nitrogens is 4. The van der Waals surface area contributed by atoms with E-state index in [1.54, 1.807) is 18.6 Å². The first-order chi connectivity index (χ1) is 7.31. The molecule has 2 aromatic heterocycles. The first-order valence-electron chi connectivity index (χ1n) is 4.75. The molecule has 0 aromatic carbocycles. The van der Waals surface area contributed by atoms with Crippen LogP contribution in [-0.2, 0) is 13.1 Å². The minimum Gasteiger partial charge on any atom is -0.333 e. The van der Waals surface area contributed by atoms with Crippen molar-refractivity contribution in [2.45, 2.75) is 20.0 Å². The lowest BCUT2D eigenvalue weighted by atomic mass is 10.5. The molecule has 2 heterocycles. The summed E-state index contributed by atoms with van der Waals surface area (Å²) in [6, 6.07) is 0. The molecule has 0 fully saturated rings. The average Bonchev–Trinajstić information content (AvgIpc) is 2.83. The van der Waals surface area contributed by atoms with Gasteiger partial charge in [-0.1, -0.05) is 0 Å². The highest BCUT2D eigenvalue weighted by Gasteiger charge is 2.01. The van der Waals surface area contributed by atoms with E-state index in [-0.39, 0.29) is 0 Å². The van der Waals surface area contributed by atoms with E-state index in [0.717, 1.165) is 25.2 Å². The van der Waals surface area contributed by atoms with Crippen LogP contribution in [0, 0.1) is 6.92 Å². The highest BCUT2D eigenvalue weighted by molar-refractivity contribution is 5.69. The Morgan fingerprint density at radius 2 is 1.87 bits per heavy atom. The molecule has 5 nitrogen and oxygen atoms in total. The maximum absolute atomic E-state index is 10.6. The molecule has 78 valence electrons. The summed E-state index contributed by atoms with van der Waals surface area (Å²) in [5.41, 5.74) is 0. The Morgan fingerprint density at radius 3 is 2.53 bits per heavy atom. The first-order valence-corrected chi connectivity index (χ1v) is 4.75. The minimum atomic E-state index is 0.466. The predicted molar refractivity (Wildman–Crippen MR) is 54.6 cm³/mol. The maximum Gasteiger partial charge on any atom is 0.185 e. The van der Waals surface area contributed by atoms with Crippen molar-refractivity contribution in [3.63, 3.8) is 0 Å². The smallest absolute Gasteiger partial charge is 0.185 e. The molecule has 15 heavy (non-hydrogen) atoms. The highest BCUT2D eigenvalue weighted by Crippen LogP contribution is 1.99. The van der Waals surface area contributed by atoms with Crippen LogP contribution in [0.1, 0.15) is 16.4 Å². The Morgan fingerprint density at radius 1 is 1.20 bits per heavy atom. The van der Waals surface area contributed by atoms with Crippen molar-refractivity contribution >= 4 is 6.29 Å². The number of aryl methyl sites for hydroxylation is 3. The molecule has 0 bridgehead atoms. The third-order valence-electron chi connectivity index (χ3n) is 2.36. The van der Waals surface area contributed by atoms with Crippen LogP contribution in [0.5, 0.6) is 0 Å². The molecule has 0 radical (unpaired) electrons. The summed E-state index contributed by atoms with van der Waals surface area (Å²) in [5.74, 6) is 1.44. The molecule has 0 saturated carbocycles. The van der Waals surface area contributed by atoms with Gasteiger partial charge in [0.15, 0.2) is 12.1 Å². The van der Waals surface area contributed by atoms with Gasteiger partial charge in [0.25, 0.3) is 0 Å². The molecule has 0 aliphatic rings. The van der Waals surface area contributed by atoms with Crippen molar-refractivity contribution in [2.24, 2.45) is 0 Å². The third kappa shape index (κ3) is 1.96. The Balaban J connectivity index is 2.05. The molecule has 2 aromatic rings. The van der Waals surface area contributed by atoms with Gasteiger partial charge < -0.3 is 9.13 Å². The van der Waals surface area contributed by atoms with Gasteiger partial charge in [-0.2, -0.15) is 0 Å². The van der Waals surface area contributed by atoms with Gasteiger partial charge in [-0.3, -0.25) is 4.79 Å². The van der Waals surface area contributed by atoms with Gasteiger partial charge in [0.2, 0.25) is 0 Å². The predicted octanol–water partition coefficient (Wildman–Crippen LogP) is 0.901. The Kier molecular flexibility index (Phi) is 2.62. The molecule has 0 spiro atoms. The summed E-state index contributed by atoms with van der Waals surface area (Å²) in [5, 5.41) is 0. The van der Waals surface area contributed by atoms with E-state index in [2.05, 4.69) is 9.97 Å². The molecule has 0 aliphatic heterocycles. The van der Waals surface area contributed by atoms with Crippen LogP contribution in [0.25, 0.3) is 0 Å². The van der Waals surface area contributed by atoms with Gasteiger partial charge in [-0.05, 0) is 6.92 Å². The van der Waals surface area contributed by atoms with Crippen LogP contribution in [0.15, 0.2) is 24.8 Å². The van der Waals surface area contributed by atoms with Gasteiger partial charge in [0.1, 0.15) is 5.82 Å². The van der Waals surface area contributed by atoms with E-state index in [1.807, 2.05) is 22.3 Å². The van der Waals surface area contributed by atoms with Crippen LogP contribution >= 0.6 is 0 Å². The van der Waals surface area contributed by atoms with Gasteiger partial charge in [-0.25, -0.2) is 9.97 Å². The fourth-order valence-electron chi connectivity index (χ4n) is 1.48. The molecule has 0 amide bonds. The number of imidazole rings is 2. The zero-order valence-electron chi connectivity index (χ0n) is 8.50. The van der Waals surface area contributed by atoms with Crippen molar-refractivity contribution in [2.75, 3.05) is 0 Å². The summed E-state index contributed by atoms with van der Waals surface area (Å²) >= 11 is 0. The second kappa shape index (κ2) is 4.08. The number of rotatable bonds is 4. The summed E-state index contributed by atoms with van der Waals surface area (Å²) in [6.45, 7) is 3.48. The topological polar surface area (TPSA) is 52.7 Å². The normalized spacial score (nSPS) is 10.5. The van der Waals surface area contributed by atoms with Gasteiger partial charge in [0, 0.05) is 37.9 Å². The molecule has 0 unspecified atom stereocenters. The van der Waals surface area contributed by atoms with Crippen LogP contribution < -0.4 is 0 Å². The summed E-state index contributed by atoms with van der Waals surface area (Å²) in [7, 11) is 0. The van der Waals surface area contributed by atoms with E-state index in [1.165, 1.54) is 0 Å². The SMILES string of the molecule is Cc1nccn1CCn1ccnc1C=O. The lowest BCUT2D eigenvalue weighted by Gasteiger charge is -2.06. The molecule has 0 saturated heterocycles. The summed E-state index contributed by atoms with van der Waals surface area (Å²) < 4.78 is 3.86. The van der Waals surface area contributed by atoms with Crippen LogP contribution in [0.4, 0.5) is 0 Å². The van der Waals surface area contributed by atoms with E-state index in [9.17, 15) is 4.79 Å². The third-order valence-corrected chi connectivity index (χ3v) is 2.36. The monoisotopic (exact) mass is 204 g/mol. The van der Waals surface area contributed by atoms with Gasteiger partial charge in [0.05, 0.1) is 0 Å². The minimum absolute atomic E-state index is 0.466. The standard InChI is InChI=1S/C10H12N4O/c1-9-11-2-4-13(9)6-7-14-5-3-12-10(14)8-15/h2-5,8H,6-7H2,1H3. The second-order valence-electron chi connectivity index (χ2n) is 3.26. The van der Waals surface area contributed by atoms with Crippen LogP contribution in [0.2, 0.25) is 0 Å². The molecule has 0 aliphatic carbocycles. The average molecular weight is 204 g/mol. The fraction of sp³-hybridized carbons (Fsp3) is 0.300. The zero-order chi connectivity index (χ0) is 10.7. The number of carbonyl (C=O) groups excluding carboxylic acids is 1. The lowest BCUT2D eigenvalue weighted by Crippen LogP contribution is -2.09. The second-order valence-corrected chi connectivity index (χ2v) is 3.26. The van der Waals surface area contributed by atoms with Crippen LogP contribution in [0.3, 0.4) is 0 Å². The molecular weight excluding hydrogens is 192 g/mol. The van der Waals surface area contributed by atoms with Gasteiger partial charge >= 0.3 is 0 Å². The Labute approximate surface area is 87.4 Å². The van der Waals surface area contributed by atoms with E-state index in [4.69, 9.17) is 0 Å². The quantitative estimate of drug-likeness (QED) is 0.695. The molecule has 0 atom stereocenters. The fourth-order valence-corrected chi connectivity index (χ4v) is 1.48. The number of carbonyl (C=O) groups is 1. The Hall–Kier alpha value is -1.91. The number of aldehydes is 1. The molecule has 0 N–H and O–H groups in total. The van der Waals surface area contributed by atoms with E-state index >= 15 is 0 Å². The maximum atomic E-state index is 10.6. The van der Waals surface area contributed by atoms with Crippen LogP contribution in [-0.4, -0.2) is 25.4 Å².